The summed E-state index contributed by atoms with van der Waals surface area (Å²) in [5.41, 5.74) is 1.33. The fourth-order valence-electron chi connectivity index (χ4n) is 2.62. The van der Waals surface area contributed by atoms with Crippen molar-refractivity contribution >= 4 is 0 Å². The standard InChI is InChI=1S/C16H14F2O/c1-19-11-7-14(17)16(15(18)8-11)13-9-12(13)10-5-3-2-4-6-10/h2-8,12-13H,9H2,1H3/t12-,13+/m1/s1. The van der Waals surface area contributed by atoms with E-state index < -0.39 is 11.6 Å². The van der Waals surface area contributed by atoms with Crippen molar-refractivity contribution in [3.63, 3.8) is 0 Å². The molecule has 2 atom stereocenters. The predicted molar refractivity (Wildman–Crippen MR) is 69.5 cm³/mol. The Morgan fingerprint density at radius 3 is 2.21 bits per heavy atom. The maximum Gasteiger partial charge on any atom is 0.133 e. The van der Waals surface area contributed by atoms with Crippen LogP contribution in [0.5, 0.6) is 5.75 Å². The van der Waals surface area contributed by atoms with Crippen LogP contribution < -0.4 is 4.74 Å². The van der Waals surface area contributed by atoms with Crippen LogP contribution >= 0.6 is 0 Å². The van der Waals surface area contributed by atoms with Crippen LogP contribution in [0.3, 0.4) is 0 Å². The van der Waals surface area contributed by atoms with Crippen LogP contribution in [0.15, 0.2) is 42.5 Å². The van der Waals surface area contributed by atoms with Crippen molar-refractivity contribution in [2.24, 2.45) is 0 Å². The van der Waals surface area contributed by atoms with Crippen LogP contribution in [-0.4, -0.2) is 7.11 Å². The normalized spacial score (nSPS) is 21.2. The van der Waals surface area contributed by atoms with Crippen molar-refractivity contribution in [3.8, 4) is 5.75 Å². The largest absolute Gasteiger partial charge is 0.497 e. The van der Waals surface area contributed by atoms with E-state index in [0.29, 0.717) is 0 Å². The summed E-state index contributed by atoms with van der Waals surface area (Å²) in [5, 5.41) is 0. The molecule has 2 aromatic carbocycles. The summed E-state index contributed by atoms with van der Waals surface area (Å²) in [4.78, 5) is 0. The lowest BCUT2D eigenvalue weighted by Crippen LogP contribution is -1.97. The number of halogens is 2. The molecular formula is C16H14F2O. The summed E-state index contributed by atoms with van der Waals surface area (Å²) in [7, 11) is 1.40. The summed E-state index contributed by atoms with van der Waals surface area (Å²) in [5.74, 6) is -0.650. The van der Waals surface area contributed by atoms with Gasteiger partial charge in [-0.1, -0.05) is 30.3 Å². The summed E-state index contributed by atoms with van der Waals surface area (Å²) < 4.78 is 32.8. The Bertz CT molecular complexity index is 572. The first-order chi connectivity index (χ1) is 9.20. The number of hydrogen-bond acceptors (Lipinski definition) is 1. The fourth-order valence-corrected chi connectivity index (χ4v) is 2.62. The molecule has 0 saturated heterocycles. The minimum atomic E-state index is -0.514. The van der Waals surface area contributed by atoms with E-state index in [9.17, 15) is 8.78 Å². The molecule has 1 fully saturated rings. The molecule has 1 saturated carbocycles. The van der Waals surface area contributed by atoms with Crippen molar-refractivity contribution in [3.05, 3.63) is 65.2 Å². The van der Waals surface area contributed by atoms with E-state index in [2.05, 4.69) is 0 Å². The highest BCUT2D eigenvalue weighted by Crippen LogP contribution is 2.55. The van der Waals surface area contributed by atoms with E-state index in [1.165, 1.54) is 19.2 Å². The third-order valence-corrected chi connectivity index (χ3v) is 3.68. The van der Waals surface area contributed by atoms with Crippen molar-refractivity contribution in [1.82, 2.24) is 0 Å². The minimum Gasteiger partial charge on any atom is -0.497 e. The Morgan fingerprint density at radius 1 is 1.00 bits per heavy atom. The molecule has 0 aromatic heterocycles. The zero-order valence-corrected chi connectivity index (χ0v) is 10.6. The van der Waals surface area contributed by atoms with Gasteiger partial charge in [0.1, 0.15) is 17.4 Å². The Labute approximate surface area is 110 Å². The molecule has 0 bridgehead atoms. The molecule has 0 amide bonds. The lowest BCUT2D eigenvalue weighted by molar-refractivity contribution is 0.405. The third kappa shape index (κ3) is 2.21. The predicted octanol–water partition coefficient (Wildman–Crippen LogP) is 4.24. The van der Waals surface area contributed by atoms with Gasteiger partial charge >= 0.3 is 0 Å². The molecule has 98 valence electrons. The van der Waals surface area contributed by atoms with Gasteiger partial charge < -0.3 is 4.74 Å². The van der Waals surface area contributed by atoms with Gasteiger partial charge in [-0.05, 0) is 23.8 Å². The van der Waals surface area contributed by atoms with Crippen LogP contribution in [-0.2, 0) is 0 Å². The minimum absolute atomic E-state index is 0.0618. The highest BCUT2D eigenvalue weighted by molar-refractivity contribution is 5.40. The Kier molecular flexibility index (Phi) is 2.97. The van der Waals surface area contributed by atoms with Gasteiger partial charge in [0.15, 0.2) is 0 Å². The second-order valence-corrected chi connectivity index (χ2v) is 4.86. The smallest absolute Gasteiger partial charge is 0.133 e. The first kappa shape index (κ1) is 12.2. The van der Waals surface area contributed by atoms with E-state index in [4.69, 9.17) is 4.74 Å². The molecule has 0 aliphatic heterocycles. The quantitative estimate of drug-likeness (QED) is 0.801. The highest BCUT2D eigenvalue weighted by Gasteiger charge is 2.42. The molecule has 0 spiro atoms. The highest BCUT2D eigenvalue weighted by atomic mass is 19.1. The van der Waals surface area contributed by atoms with E-state index in [0.717, 1.165) is 12.0 Å². The Balaban J connectivity index is 1.90. The van der Waals surface area contributed by atoms with Gasteiger partial charge in [-0.3, -0.25) is 0 Å². The lowest BCUT2D eigenvalue weighted by atomic mass is 10.0. The summed E-state index contributed by atoms with van der Waals surface area (Å²) >= 11 is 0. The van der Waals surface area contributed by atoms with Gasteiger partial charge in [0.05, 0.1) is 7.11 Å². The van der Waals surface area contributed by atoms with Gasteiger partial charge in [0.25, 0.3) is 0 Å². The second-order valence-electron chi connectivity index (χ2n) is 4.86. The molecule has 1 aliphatic carbocycles. The average Bonchev–Trinajstić information content (AvgIpc) is 3.19. The lowest BCUT2D eigenvalue weighted by Gasteiger charge is -2.07. The van der Waals surface area contributed by atoms with Crippen molar-refractivity contribution in [2.45, 2.75) is 18.3 Å². The molecular weight excluding hydrogens is 246 g/mol. The van der Waals surface area contributed by atoms with Crippen LogP contribution in [0, 0.1) is 11.6 Å². The van der Waals surface area contributed by atoms with E-state index >= 15 is 0 Å². The zero-order valence-electron chi connectivity index (χ0n) is 10.6. The number of hydrogen-bond donors (Lipinski definition) is 0. The third-order valence-electron chi connectivity index (χ3n) is 3.68. The number of methoxy groups -OCH3 is 1. The fraction of sp³-hybridized carbons (Fsp3) is 0.250. The van der Waals surface area contributed by atoms with Crippen LogP contribution in [0.2, 0.25) is 0 Å². The molecule has 1 nitrogen and oxygen atoms in total. The van der Waals surface area contributed by atoms with Gasteiger partial charge in [0.2, 0.25) is 0 Å². The molecule has 2 aromatic rings. The number of benzene rings is 2. The topological polar surface area (TPSA) is 9.23 Å². The molecule has 1 aliphatic rings. The zero-order chi connectivity index (χ0) is 13.4. The molecule has 0 N–H and O–H groups in total. The van der Waals surface area contributed by atoms with Gasteiger partial charge in [-0.2, -0.15) is 0 Å². The van der Waals surface area contributed by atoms with E-state index in [-0.39, 0.29) is 23.1 Å². The molecule has 3 heteroatoms. The second kappa shape index (κ2) is 4.65. The Morgan fingerprint density at radius 2 is 1.63 bits per heavy atom. The molecule has 0 heterocycles. The first-order valence-electron chi connectivity index (χ1n) is 6.28. The van der Waals surface area contributed by atoms with Crippen LogP contribution in [0.1, 0.15) is 29.4 Å². The maximum atomic E-state index is 14.0. The first-order valence-corrected chi connectivity index (χ1v) is 6.28. The van der Waals surface area contributed by atoms with Gasteiger partial charge in [0, 0.05) is 17.7 Å². The van der Waals surface area contributed by atoms with Gasteiger partial charge in [-0.25, -0.2) is 8.78 Å². The molecule has 19 heavy (non-hydrogen) atoms. The van der Waals surface area contributed by atoms with Crippen LogP contribution in [0.25, 0.3) is 0 Å². The summed E-state index contributed by atoms with van der Waals surface area (Å²) in [6.45, 7) is 0. The SMILES string of the molecule is COc1cc(F)c([C@H]2C[C@@H]2c2ccccc2)c(F)c1. The monoisotopic (exact) mass is 260 g/mol. The maximum absolute atomic E-state index is 14.0. The van der Waals surface area contributed by atoms with Crippen molar-refractivity contribution in [2.75, 3.05) is 7.11 Å². The number of ether oxygens (including phenoxy) is 1. The van der Waals surface area contributed by atoms with E-state index in [1.807, 2.05) is 30.3 Å². The summed E-state index contributed by atoms with van der Waals surface area (Å²) in [6, 6.07) is 12.3. The van der Waals surface area contributed by atoms with Gasteiger partial charge in [-0.15, -0.1) is 0 Å². The Hall–Kier alpha value is -1.90. The summed E-state index contributed by atoms with van der Waals surface area (Å²) in [6.07, 6.45) is 0.796. The molecule has 0 radical (unpaired) electrons. The van der Waals surface area contributed by atoms with Crippen molar-refractivity contribution < 1.29 is 13.5 Å². The van der Waals surface area contributed by atoms with Crippen molar-refractivity contribution in [1.29, 1.82) is 0 Å². The van der Waals surface area contributed by atoms with E-state index in [1.54, 1.807) is 0 Å². The van der Waals surface area contributed by atoms with Crippen LogP contribution in [0.4, 0.5) is 8.78 Å². The average molecular weight is 260 g/mol. The molecule has 3 rings (SSSR count). The molecule has 0 unspecified atom stereocenters. The number of rotatable bonds is 3.